The number of carbonyl (C=O) groups excluding carboxylic acids is 1. The highest BCUT2D eigenvalue weighted by molar-refractivity contribution is 7.99. The first-order valence-electron chi connectivity index (χ1n) is 6.08. The van der Waals surface area contributed by atoms with E-state index < -0.39 is 0 Å². The molecule has 2 aromatic rings. The van der Waals surface area contributed by atoms with Crippen LogP contribution in [0.4, 0.5) is 5.69 Å². The lowest BCUT2D eigenvalue weighted by atomic mass is 10.3. The monoisotopic (exact) mass is 325 g/mol. The van der Waals surface area contributed by atoms with Crippen molar-refractivity contribution in [1.82, 2.24) is 0 Å². The fourth-order valence-corrected chi connectivity index (χ4v) is 2.75. The fraction of sp³-hybridized carbons (Fsp3) is 0.133. The van der Waals surface area contributed by atoms with Crippen molar-refractivity contribution >= 4 is 46.6 Å². The Kier molecular flexibility index (Phi) is 5.77. The van der Waals surface area contributed by atoms with E-state index in [0.717, 1.165) is 10.6 Å². The van der Waals surface area contributed by atoms with Gasteiger partial charge in [0.05, 0.1) is 10.0 Å². The number of hydrogen-bond acceptors (Lipinski definition) is 2. The third-order valence-electron chi connectivity index (χ3n) is 2.54. The Morgan fingerprint density at radius 3 is 2.50 bits per heavy atom. The molecule has 2 nitrogen and oxygen atoms in total. The molecule has 1 amide bonds. The number of rotatable bonds is 5. The van der Waals surface area contributed by atoms with Crippen LogP contribution in [0.3, 0.4) is 0 Å². The molecular formula is C15H13Cl2NOS. The summed E-state index contributed by atoms with van der Waals surface area (Å²) < 4.78 is 0. The Hall–Kier alpha value is -1.16. The van der Waals surface area contributed by atoms with Crippen molar-refractivity contribution in [3.05, 3.63) is 58.6 Å². The van der Waals surface area contributed by atoms with Gasteiger partial charge >= 0.3 is 0 Å². The van der Waals surface area contributed by atoms with Crippen molar-refractivity contribution in [2.24, 2.45) is 0 Å². The number of carbonyl (C=O) groups is 1. The Morgan fingerprint density at radius 1 is 1.05 bits per heavy atom. The van der Waals surface area contributed by atoms with E-state index in [4.69, 9.17) is 23.2 Å². The van der Waals surface area contributed by atoms with Crippen LogP contribution in [0.5, 0.6) is 0 Å². The first-order valence-corrected chi connectivity index (χ1v) is 7.82. The van der Waals surface area contributed by atoms with E-state index in [-0.39, 0.29) is 5.91 Å². The van der Waals surface area contributed by atoms with Crippen molar-refractivity contribution in [2.75, 3.05) is 11.1 Å². The summed E-state index contributed by atoms with van der Waals surface area (Å²) in [5.41, 5.74) is 0.661. The summed E-state index contributed by atoms with van der Waals surface area (Å²) >= 11 is 13.4. The second-order valence-electron chi connectivity index (χ2n) is 4.09. The minimum Gasteiger partial charge on any atom is -0.326 e. The molecule has 2 aromatic carbocycles. The summed E-state index contributed by atoms with van der Waals surface area (Å²) in [6.45, 7) is 0. The molecule has 0 aliphatic rings. The van der Waals surface area contributed by atoms with Gasteiger partial charge in [-0.15, -0.1) is 11.8 Å². The molecular weight excluding hydrogens is 313 g/mol. The van der Waals surface area contributed by atoms with E-state index in [1.807, 2.05) is 30.3 Å². The summed E-state index contributed by atoms with van der Waals surface area (Å²) in [4.78, 5) is 13.0. The van der Waals surface area contributed by atoms with Gasteiger partial charge in [0.1, 0.15) is 0 Å². The largest absolute Gasteiger partial charge is 0.326 e. The predicted molar refractivity (Wildman–Crippen MR) is 86.9 cm³/mol. The maximum atomic E-state index is 11.8. The minimum atomic E-state index is -0.0354. The molecule has 0 spiro atoms. The normalized spacial score (nSPS) is 10.3. The molecule has 0 atom stereocenters. The van der Waals surface area contributed by atoms with Gasteiger partial charge in [-0.3, -0.25) is 4.79 Å². The van der Waals surface area contributed by atoms with Crippen molar-refractivity contribution in [3.63, 3.8) is 0 Å². The molecule has 0 saturated carbocycles. The van der Waals surface area contributed by atoms with E-state index in [1.165, 1.54) is 0 Å². The lowest BCUT2D eigenvalue weighted by molar-refractivity contribution is -0.115. The van der Waals surface area contributed by atoms with E-state index in [9.17, 15) is 4.79 Å². The number of nitrogens with one attached hydrogen (secondary N) is 1. The van der Waals surface area contributed by atoms with Crippen LogP contribution in [0.1, 0.15) is 6.42 Å². The lowest BCUT2D eigenvalue weighted by Crippen LogP contribution is -2.12. The topological polar surface area (TPSA) is 29.1 Å². The van der Waals surface area contributed by atoms with Crippen molar-refractivity contribution in [1.29, 1.82) is 0 Å². The van der Waals surface area contributed by atoms with Crippen LogP contribution in [-0.2, 0) is 4.79 Å². The Morgan fingerprint density at radius 2 is 1.80 bits per heavy atom. The predicted octanol–water partition coefficient (Wildman–Crippen LogP) is 5.11. The van der Waals surface area contributed by atoms with Gasteiger partial charge in [-0.2, -0.15) is 0 Å². The zero-order chi connectivity index (χ0) is 14.4. The first-order chi connectivity index (χ1) is 9.65. The SMILES string of the molecule is O=C(CCSc1ccccc1)Nc1ccc(Cl)c(Cl)c1. The van der Waals surface area contributed by atoms with Gasteiger partial charge in [0.15, 0.2) is 0 Å². The molecule has 0 aromatic heterocycles. The van der Waals surface area contributed by atoms with Gasteiger partial charge in [-0.1, -0.05) is 41.4 Å². The second-order valence-corrected chi connectivity index (χ2v) is 6.07. The number of halogens is 2. The summed E-state index contributed by atoms with van der Waals surface area (Å²) in [5, 5.41) is 3.71. The molecule has 20 heavy (non-hydrogen) atoms. The molecule has 2 rings (SSSR count). The maximum absolute atomic E-state index is 11.8. The average Bonchev–Trinajstić information content (AvgIpc) is 2.44. The van der Waals surface area contributed by atoms with Gasteiger partial charge in [0.2, 0.25) is 5.91 Å². The molecule has 5 heteroatoms. The summed E-state index contributed by atoms with van der Waals surface area (Å²) in [5.74, 6) is 0.698. The van der Waals surface area contributed by atoms with E-state index >= 15 is 0 Å². The van der Waals surface area contributed by atoms with Gasteiger partial charge in [-0.25, -0.2) is 0 Å². The van der Waals surface area contributed by atoms with Crippen LogP contribution in [0.2, 0.25) is 10.0 Å². The summed E-state index contributed by atoms with van der Waals surface area (Å²) in [7, 11) is 0. The molecule has 0 aliphatic heterocycles. The van der Waals surface area contributed by atoms with E-state index in [1.54, 1.807) is 30.0 Å². The van der Waals surface area contributed by atoms with Crippen LogP contribution in [-0.4, -0.2) is 11.7 Å². The molecule has 0 heterocycles. The quantitative estimate of drug-likeness (QED) is 0.773. The van der Waals surface area contributed by atoms with Gasteiger partial charge in [-0.05, 0) is 30.3 Å². The molecule has 0 bridgehead atoms. The smallest absolute Gasteiger partial charge is 0.225 e. The Balaban J connectivity index is 1.79. The minimum absolute atomic E-state index is 0.0354. The standard InChI is InChI=1S/C15H13Cl2NOS/c16-13-7-6-11(10-14(13)17)18-15(19)8-9-20-12-4-2-1-3-5-12/h1-7,10H,8-9H2,(H,18,19). The zero-order valence-electron chi connectivity index (χ0n) is 10.6. The highest BCUT2D eigenvalue weighted by atomic mass is 35.5. The maximum Gasteiger partial charge on any atom is 0.225 e. The number of thioether (sulfide) groups is 1. The Labute approximate surface area is 132 Å². The summed E-state index contributed by atoms with van der Waals surface area (Å²) in [6, 6.07) is 15.0. The first kappa shape index (κ1) is 15.2. The number of anilines is 1. The Bertz CT molecular complexity index is 590. The third-order valence-corrected chi connectivity index (χ3v) is 4.30. The molecule has 0 fully saturated rings. The van der Waals surface area contributed by atoms with E-state index in [2.05, 4.69) is 5.32 Å². The lowest BCUT2D eigenvalue weighted by Gasteiger charge is -2.06. The zero-order valence-corrected chi connectivity index (χ0v) is 12.9. The highest BCUT2D eigenvalue weighted by Crippen LogP contribution is 2.25. The molecule has 1 N–H and O–H groups in total. The average molecular weight is 326 g/mol. The van der Waals surface area contributed by atoms with Crippen LogP contribution in [0, 0.1) is 0 Å². The number of amides is 1. The number of benzene rings is 2. The molecule has 0 unspecified atom stereocenters. The van der Waals surface area contributed by atoms with Crippen molar-refractivity contribution in [2.45, 2.75) is 11.3 Å². The second kappa shape index (κ2) is 7.58. The van der Waals surface area contributed by atoms with Crippen molar-refractivity contribution in [3.8, 4) is 0 Å². The van der Waals surface area contributed by atoms with Gasteiger partial charge in [0.25, 0.3) is 0 Å². The third kappa shape index (κ3) is 4.75. The van der Waals surface area contributed by atoms with Crippen molar-refractivity contribution < 1.29 is 4.79 Å². The van der Waals surface area contributed by atoms with Gasteiger partial charge in [0, 0.05) is 22.8 Å². The molecule has 0 saturated heterocycles. The van der Waals surface area contributed by atoms with Gasteiger partial charge < -0.3 is 5.32 Å². The van der Waals surface area contributed by atoms with Crippen LogP contribution >= 0.6 is 35.0 Å². The van der Waals surface area contributed by atoms with Crippen LogP contribution in [0.15, 0.2) is 53.4 Å². The highest BCUT2D eigenvalue weighted by Gasteiger charge is 2.05. The van der Waals surface area contributed by atoms with Crippen LogP contribution in [0.25, 0.3) is 0 Å². The molecule has 104 valence electrons. The fourth-order valence-electron chi connectivity index (χ4n) is 1.58. The molecule has 0 aliphatic carbocycles. The van der Waals surface area contributed by atoms with E-state index in [0.29, 0.717) is 22.2 Å². The molecule has 0 radical (unpaired) electrons. The summed E-state index contributed by atoms with van der Waals surface area (Å²) in [6.07, 6.45) is 0.444. The number of hydrogen-bond donors (Lipinski definition) is 1. The van der Waals surface area contributed by atoms with Crippen LogP contribution < -0.4 is 5.32 Å².